The van der Waals surface area contributed by atoms with Gasteiger partial charge in [-0.15, -0.1) is 0 Å². The monoisotopic (exact) mass is 434 g/mol. The molecule has 0 aromatic rings. The third kappa shape index (κ3) is 24.8. The van der Waals surface area contributed by atoms with Crippen molar-refractivity contribution in [2.75, 3.05) is 0 Å². The Morgan fingerprint density at radius 2 is 0.774 bits per heavy atom. The van der Waals surface area contributed by atoms with Gasteiger partial charge in [-0.25, -0.2) is 9.59 Å². The van der Waals surface area contributed by atoms with Crippen LogP contribution >= 0.6 is 0 Å². The number of hydrogen-bond donors (Lipinski definition) is 0. The fourth-order valence-corrected chi connectivity index (χ4v) is 3.67. The minimum absolute atomic E-state index is 0.561. The van der Waals surface area contributed by atoms with Crippen LogP contribution in [0.15, 0.2) is 24.3 Å². The molecule has 0 aromatic heterocycles. The molecular weight excluding hydrogens is 384 g/mol. The summed E-state index contributed by atoms with van der Waals surface area (Å²) in [6.07, 6.45) is 31.4. The van der Waals surface area contributed by atoms with Crippen molar-refractivity contribution in [2.24, 2.45) is 0 Å². The van der Waals surface area contributed by atoms with Gasteiger partial charge >= 0.3 is 11.9 Å². The SMILES string of the molecule is CCCCCCCCCCCC=CC(=O)OC(=O)C=CCCCCCCCCCCC. The largest absolute Gasteiger partial charge is 0.387 e. The highest BCUT2D eigenvalue weighted by molar-refractivity contribution is 5.96. The fourth-order valence-electron chi connectivity index (χ4n) is 3.67. The molecular formula is C28H50O3. The summed E-state index contributed by atoms with van der Waals surface area (Å²) < 4.78 is 4.78. The molecule has 0 aliphatic heterocycles. The highest BCUT2D eigenvalue weighted by Crippen LogP contribution is 2.11. The molecule has 0 aliphatic carbocycles. The highest BCUT2D eigenvalue weighted by Gasteiger charge is 2.03. The highest BCUT2D eigenvalue weighted by atomic mass is 16.6. The van der Waals surface area contributed by atoms with Crippen LogP contribution in [0.25, 0.3) is 0 Å². The van der Waals surface area contributed by atoms with E-state index in [1.54, 1.807) is 0 Å². The lowest BCUT2D eigenvalue weighted by Gasteiger charge is -2.00. The summed E-state index contributed by atoms with van der Waals surface area (Å²) >= 11 is 0. The molecule has 0 aromatic carbocycles. The number of esters is 2. The van der Waals surface area contributed by atoms with Crippen LogP contribution in [0.1, 0.15) is 142 Å². The third-order valence-corrected chi connectivity index (χ3v) is 5.66. The van der Waals surface area contributed by atoms with Gasteiger partial charge in [0, 0.05) is 12.2 Å². The number of ether oxygens (including phenoxy) is 1. The van der Waals surface area contributed by atoms with Gasteiger partial charge in [0.15, 0.2) is 0 Å². The number of carbonyl (C=O) groups excluding carboxylic acids is 2. The Morgan fingerprint density at radius 3 is 1.10 bits per heavy atom. The minimum Gasteiger partial charge on any atom is -0.387 e. The molecule has 31 heavy (non-hydrogen) atoms. The lowest BCUT2D eigenvalue weighted by molar-refractivity contribution is -0.152. The molecule has 3 heteroatoms. The van der Waals surface area contributed by atoms with Crippen molar-refractivity contribution in [1.29, 1.82) is 0 Å². The van der Waals surface area contributed by atoms with Crippen molar-refractivity contribution in [1.82, 2.24) is 0 Å². The van der Waals surface area contributed by atoms with Gasteiger partial charge in [0.25, 0.3) is 0 Å². The van der Waals surface area contributed by atoms with Gasteiger partial charge in [0.2, 0.25) is 0 Å². The van der Waals surface area contributed by atoms with Gasteiger partial charge in [-0.2, -0.15) is 0 Å². The van der Waals surface area contributed by atoms with E-state index in [9.17, 15) is 9.59 Å². The van der Waals surface area contributed by atoms with Crippen LogP contribution in [-0.4, -0.2) is 11.9 Å². The molecule has 0 bridgehead atoms. The normalized spacial score (nSPS) is 11.5. The van der Waals surface area contributed by atoms with E-state index < -0.39 is 11.9 Å². The van der Waals surface area contributed by atoms with Crippen molar-refractivity contribution in [3.63, 3.8) is 0 Å². The quantitative estimate of drug-likeness (QED) is 0.0738. The van der Waals surface area contributed by atoms with E-state index in [0.717, 1.165) is 25.7 Å². The molecule has 0 saturated carbocycles. The predicted molar refractivity (Wildman–Crippen MR) is 133 cm³/mol. The minimum atomic E-state index is -0.561. The van der Waals surface area contributed by atoms with E-state index in [-0.39, 0.29) is 0 Å². The first-order chi connectivity index (χ1) is 15.2. The summed E-state index contributed by atoms with van der Waals surface area (Å²) in [5, 5.41) is 0. The van der Waals surface area contributed by atoms with Crippen LogP contribution in [0.2, 0.25) is 0 Å². The molecule has 0 N–H and O–H groups in total. The van der Waals surface area contributed by atoms with Gasteiger partial charge in [-0.3, -0.25) is 0 Å². The topological polar surface area (TPSA) is 43.4 Å². The summed E-state index contributed by atoms with van der Waals surface area (Å²) in [6, 6.07) is 0. The van der Waals surface area contributed by atoms with Crippen LogP contribution < -0.4 is 0 Å². The fraction of sp³-hybridized carbons (Fsp3) is 0.786. The smallest absolute Gasteiger partial charge is 0.338 e. The van der Waals surface area contributed by atoms with Gasteiger partial charge < -0.3 is 4.74 Å². The van der Waals surface area contributed by atoms with Crippen LogP contribution in [0.5, 0.6) is 0 Å². The van der Waals surface area contributed by atoms with Crippen LogP contribution in [-0.2, 0) is 14.3 Å². The average molecular weight is 435 g/mol. The second-order valence-corrected chi connectivity index (χ2v) is 8.78. The Balaban J connectivity index is 3.50. The second kappa shape index (κ2) is 24.9. The standard InChI is InChI=1S/C28H50O3/c1-3-5-7-9-11-13-15-17-19-21-23-25-27(29)31-28(30)26-24-22-20-18-16-14-12-10-8-6-4-2/h23-26H,3-22H2,1-2H3. The summed E-state index contributed by atoms with van der Waals surface area (Å²) in [5.41, 5.74) is 0. The Bertz CT molecular complexity index is 423. The molecule has 0 aliphatic rings. The number of unbranched alkanes of at least 4 members (excludes halogenated alkanes) is 18. The number of carbonyl (C=O) groups is 2. The maximum atomic E-state index is 11.7. The van der Waals surface area contributed by atoms with E-state index in [2.05, 4.69) is 13.8 Å². The second-order valence-electron chi connectivity index (χ2n) is 8.78. The number of hydrogen-bond acceptors (Lipinski definition) is 3. The Hall–Kier alpha value is -1.38. The Labute approximate surface area is 193 Å². The molecule has 3 nitrogen and oxygen atoms in total. The summed E-state index contributed by atoms with van der Waals surface area (Å²) in [4.78, 5) is 23.3. The summed E-state index contributed by atoms with van der Waals surface area (Å²) in [5.74, 6) is -1.12. The van der Waals surface area contributed by atoms with Crippen molar-refractivity contribution < 1.29 is 14.3 Å². The Morgan fingerprint density at radius 1 is 0.484 bits per heavy atom. The van der Waals surface area contributed by atoms with E-state index in [1.807, 2.05) is 12.2 Å². The molecule has 0 saturated heterocycles. The molecule has 0 fully saturated rings. The zero-order valence-electron chi connectivity index (χ0n) is 20.7. The van der Waals surface area contributed by atoms with E-state index in [0.29, 0.717) is 0 Å². The Kier molecular flexibility index (Phi) is 23.8. The number of rotatable bonds is 22. The zero-order valence-corrected chi connectivity index (χ0v) is 20.7. The average Bonchev–Trinajstić information content (AvgIpc) is 2.75. The molecule has 0 radical (unpaired) electrons. The first-order valence-corrected chi connectivity index (χ1v) is 13.3. The molecule has 0 atom stereocenters. The lowest BCUT2D eigenvalue weighted by Crippen LogP contribution is -2.06. The summed E-state index contributed by atoms with van der Waals surface area (Å²) in [6.45, 7) is 4.49. The molecule has 180 valence electrons. The van der Waals surface area contributed by atoms with Crippen molar-refractivity contribution in [3.05, 3.63) is 24.3 Å². The summed E-state index contributed by atoms with van der Waals surface area (Å²) in [7, 11) is 0. The molecule has 0 unspecified atom stereocenters. The number of allylic oxidation sites excluding steroid dienone is 2. The maximum absolute atomic E-state index is 11.7. The van der Waals surface area contributed by atoms with Crippen molar-refractivity contribution in [2.45, 2.75) is 142 Å². The molecule has 0 rings (SSSR count). The zero-order chi connectivity index (χ0) is 22.8. The van der Waals surface area contributed by atoms with Gasteiger partial charge in [0.1, 0.15) is 0 Å². The first-order valence-electron chi connectivity index (χ1n) is 13.3. The predicted octanol–water partition coefficient (Wildman–Crippen LogP) is 9.01. The van der Waals surface area contributed by atoms with E-state index in [4.69, 9.17) is 4.74 Å². The van der Waals surface area contributed by atoms with Gasteiger partial charge in [-0.05, 0) is 25.7 Å². The molecule has 0 heterocycles. The molecule has 0 amide bonds. The van der Waals surface area contributed by atoms with Crippen LogP contribution in [0.4, 0.5) is 0 Å². The van der Waals surface area contributed by atoms with Crippen molar-refractivity contribution >= 4 is 11.9 Å². The lowest BCUT2D eigenvalue weighted by atomic mass is 10.1. The molecule has 0 spiro atoms. The maximum Gasteiger partial charge on any atom is 0.338 e. The van der Waals surface area contributed by atoms with Crippen LogP contribution in [0.3, 0.4) is 0 Å². The van der Waals surface area contributed by atoms with Gasteiger partial charge in [-0.1, -0.05) is 129 Å². The van der Waals surface area contributed by atoms with E-state index >= 15 is 0 Å². The van der Waals surface area contributed by atoms with Crippen molar-refractivity contribution in [3.8, 4) is 0 Å². The third-order valence-electron chi connectivity index (χ3n) is 5.66. The van der Waals surface area contributed by atoms with Crippen LogP contribution in [0, 0.1) is 0 Å². The van der Waals surface area contributed by atoms with Gasteiger partial charge in [0.05, 0.1) is 0 Å². The first kappa shape index (κ1) is 29.6. The van der Waals surface area contributed by atoms with E-state index in [1.165, 1.54) is 115 Å².